The van der Waals surface area contributed by atoms with E-state index in [2.05, 4.69) is 15.9 Å². The average molecular weight is 342 g/mol. The normalized spacial score (nSPS) is 19.7. The zero-order valence-corrected chi connectivity index (χ0v) is 12.7. The summed E-state index contributed by atoms with van der Waals surface area (Å²) in [5.41, 5.74) is 0. The summed E-state index contributed by atoms with van der Waals surface area (Å²) in [5, 5.41) is 8.94. The first kappa shape index (κ1) is 14.8. The monoisotopic (exact) mass is 341 g/mol. The van der Waals surface area contributed by atoms with Gasteiger partial charge in [0, 0.05) is 17.6 Å². The van der Waals surface area contributed by atoms with Gasteiger partial charge in [-0.25, -0.2) is 0 Å². The third-order valence-corrected chi connectivity index (χ3v) is 3.80. The highest BCUT2D eigenvalue weighted by molar-refractivity contribution is 9.10. The first-order chi connectivity index (χ1) is 9.47. The molecule has 2 rings (SSSR count). The summed E-state index contributed by atoms with van der Waals surface area (Å²) in [7, 11) is 0. The maximum absolute atomic E-state index is 12.2. The van der Waals surface area contributed by atoms with Crippen LogP contribution in [0.5, 0.6) is 5.75 Å². The molecule has 1 aliphatic rings. The maximum atomic E-state index is 12.2. The Morgan fingerprint density at radius 1 is 1.50 bits per heavy atom. The number of carboxylic acid groups (broad SMARTS) is 1. The van der Waals surface area contributed by atoms with E-state index < -0.39 is 18.0 Å². The van der Waals surface area contributed by atoms with Crippen LogP contribution in [0.4, 0.5) is 0 Å². The quantitative estimate of drug-likeness (QED) is 0.911. The van der Waals surface area contributed by atoms with E-state index in [1.54, 1.807) is 24.0 Å². The summed E-state index contributed by atoms with van der Waals surface area (Å²) in [6.45, 7) is 2.42. The van der Waals surface area contributed by atoms with E-state index >= 15 is 0 Å². The van der Waals surface area contributed by atoms with Gasteiger partial charge in [-0.3, -0.25) is 9.59 Å². The van der Waals surface area contributed by atoms with E-state index in [9.17, 15) is 9.59 Å². The fourth-order valence-electron chi connectivity index (χ4n) is 2.21. The molecule has 0 bridgehead atoms. The predicted molar refractivity (Wildman–Crippen MR) is 76.6 cm³/mol. The van der Waals surface area contributed by atoms with Crippen LogP contribution in [0.2, 0.25) is 0 Å². The zero-order valence-electron chi connectivity index (χ0n) is 11.1. The second kappa shape index (κ2) is 6.26. The van der Waals surface area contributed by atoms with E-state index in [0.717, 1.165) is 4.47 Å². The third-order valence-electron chi connectivity index (χ3n) is 3.31. The molecule has 0 spiro atoms. The number of hydrogen-bond donors (Lipinski definition) is 1. The van der Waals surface area contributed by atoms with Gasteiger partial charge in [-0.1, -0.05) is 22.0 Å². The standard InChI is InChI=1S/C14H16BrNO4/c1-9(20-12-4-2-3-11(15)7-12)13(17)16-6-5-10(8-16)14(18)19/h2-4,7,9-10H,5-6,8H2,1H3,(H,18,19)/t9-,10+/m0/s1. The van der Waals surface area contributed by atoms with Crippen LogP contribution in [0.15, 0.2) is 28.7 Å². The van der Waals surface area contributed by atoms with Crippen molar-refractivity contribution in [2.45, 2.75) is 19.4 Å². The Morgan fingerprint density at radius 2 is 2.25 bits per heavy atom. The first-order valence-electron chi connectivity index (χ1n) is 6.41. The first-order valence-corrected chi connectivity index (χ1v) is 7.20. The zero-order chi connectivity index (χ0) is 14.7. The van der Waals surface area contributed by atoms with Crippen molar-refractivity contribution in [1.29, 1.82) is 0 Å². The number of amides is 1. The van der Waals surface area contributed by atoms with Gasteiger partial charge in [0.2, 0.25) is 0 Å². The van der Waals surface area contributed by atoms with Gasteiger partial charge >= 0.3 is 5.97 Å². The molecule has 1 N–H and O–H groups in total. The van der Waals surface area contributed by atoms with Crippen molar-refractivity contribution in [3.05, 3.63) is 28.7 Å². The highest BCUT2D eigenvalue weighted by Crippen LogP contribution is 2.21. The van der Waals surface area contributed by atoms with Crippen molar-refractivity contribution >= 4 is 27.8 Å². The molecule has 1 saturated heterocycles. The van der Waals surface area contributed by atoms with Gasteiger partial charge in [0.25, 0.3) is 5.91 Å². The molecule has 108 valence electrons. The van der Waals surface area contributed by atoms with Gasteiger partial charge in [0.05, 0.1) is 5.92 Å². The van der Waals surface area contributed by atoms with Crippen molar-refractivity contribution in [1.82, 2.24) is 4.90 Å². The summed E-state index contributed by atoms with van der Waals surface area (Å²) in [4.78, 5) is 24.6. The largest absolute Gasteiger partial charge is 0.481 e. The smallest absolute Gasteiger partial charge is 0.308 e. The van der Waals surface area contributed by atoms with Crippen LogP contribution < -0.4 is 4.74 Å². The molecular formula is C14H16BrNO4. The Labute approximate surface area is 125 Å². The van der Waals surface area contributed by atoms with E-state index in [4.69, 9.17) is 9.84 Å². The molecule has 0 aromatic heterocycles. The van der Waals surface area contributed by atoms with Gasteiger partial charge in [-0.05, 0) is 31.5 Å². The van der Waals surface area contributed by atoms with Gasteiger partial charge in [0.1, 0.15) is 5.75 Å². The summed E-state index contributed by atoms with van der Waals surface area (Å²) >= 11 is 3.34. The summed E-state index contributed by atoms with van der Waals surface area (Å²) in [5.74, 6) is -0.874. The molecule has 5 nitrogen and oxygen atoms in total. The Kier molecular flexibility index (Phi) is 4.65. The predicted octanol–water partition coefficient (Wildman–Crippen LogP) is 2.15. The number of aliphatic carboxylic acids is 1. The lowest BCUT2D eigenvalue weighted by atomic mass is 10.1. The van der Waals surface area contributed by atoms with Crippen molar-refractivity contribution in [2.24, 2.45) is 5.92 Å². The molecule has 0 aliphatic carbocycles. The molecule has 0 saturated carbocycles. The summed E-state index contributed by atoms with van der Waals surface area (Å²) in [6, 6.07) is 7.26. The number of ether oxygens (including phenoxy) is 1. The van der Waals surface area contributed by atoms with Gasteiger partial charge in [0.15, 0.2) is 6.10 Å². The molecule has 1 heterocycles. The molecule has 6 heteroatoms. The van der Waals surface area contributed by atoms with Crippen molar-refractivity contribution < 1.29 is 19.4 Å². The molecule has 1 aromatic carbocycles. The topological polar surface area (TPSA) is 66.8 Å². The van der Waals surface area contributed by atoms with Crippen molar-refractivity contribution in [3.8, 4) is 5.75 Å². The molecule has 1 aliphatic heterocycles. The Hall–Kier alpha value is -1.56. The van der Waals surface area contributed by atoms with E-state index in [-0.39, 0.29) is 12.5 Å². The minimum absolute atomic E-state index is 0.172. The minimum Gasteiger partial charge on any atom is -0.481 e. The lowest BCUT2D eigenvalue weighted by Crippen LogP contribution is -2.39. The number of likely N-dealkylation sites (tertiary alicyclic amines) is 1. The molecule has 1 aromatic rings. The summed E-state index contributed by atoms with van der Waals surface area (Å²) < 4.78 is 6.47. The highest BCUT2D eigenvalue weighted by atomic mass is 79.9. The SMILES string of the molecule is C[C@H](Oc1cccc(Br)c1)C(=O)N1CC[C@@H](C(=O)O)C1. The second-order valence-corrected chi connectivity index (χ2v) is 5.74. The number of carboxylic acids is 1. The van der Waals surface area contributed by atoms with Crippen LogP contribution in [0.25, 0.3) is 0 Å². The number of rotatable bonds is 4. The number of nitrogens with zero attached hydrogens (tertiary/aromatic N) is 1. The van der Waals surface area contributed by atoms with Gasteiger partial charge < -0.3 is 14.7 Å². The molecule has 1 amide bonds. The Morgan fingerprint density at radius 3 is 2.85 bits per heavy atom. The number of halogens is 1. The Bertz CT molecular complexity index is 520. The second-order valence-electron chi connectivity index (χ2n) is 4.83. The maximum Gasteiger partial charge on any atom is 0.308 e. The fourth-order valence-corrected chi connectivity index (χ4v) is 2.59. The van der Waals surface area contributed by atoms with E-state index in [0.29, 0.717) is 18.7 Å². The molecule has 1 fully saturated rings. The minimum atomic E-state index is -0.846. The average Bonchev–Trinajstić information content (AvgIpc) is 2.87. The van der Waals surface area contributed by atoms with Crippen LogP contribution >= 0.6 is 15.9 Å². The molecule has 20 heavy (non-hydrogen) atoms. The van der Waals surface area contributed by atoms with Gasteiger partial charge in [-0.15, -0.1) is 0 Å². The molecule has 2 atom stereocenters. The lowest BCUT2D eigenvalue weighted by molar-refractivity contribution is -0.142. The molecule has 0 radical (unpaired) electrons. The number of benzene rings is 1. The van der Waals surface area contributed by atoms with Crippen LogP contribution in [0, 0.1) is 5.92 Å². The highest BCUT2D eigenvalue weighted by Gasteiger charge is 2.33. The van der Waals surface area contributed by atoms with Crippen LogP contribution in [-0.4, -0.2) is 41.1 Å². The third kappa shape index (κ3) is 3.50. The Balaban J connectivity index is 1.94. The molecule has 0 unspecified atom stereocenters. The van der Waals surface area contributed by atoms with E-state index in [1.165, 1.54) is 0 Å². The summed E-state index contributed by atoms with van der Waals surface area (Å²) in [6.07, 6.45) is -0.123. The van der Waals surface area contributed by atoms with Crippen molar-refractivity contribution in [3.63, 3.8) is 0 Å². The van der Waals surface area contributed by atoms with Gasteiger partial charge in [-0.2, -0.15) is 0 Å². The number of carbonyl (C=O) groups is 2. The number of carbonyl (C=O) groups excluding carboxylic acids is 1. The molecular weight excluding hydrogens is 326 g/mol. The number of hydrogen-bond acceptors (Lipinski definition) is 3. The fraction of sp³-hybridized carbons (Fsp3) is 0.429. The van der Waals surface area contributed by atoms with Crippen LogP contribution in [0.3, 0.4) is 0 Å². The van der Waals surface area contributed by atoms with Crippen LogP contribution in [-0.2, 0) is 9.59 Å². The van der Waals surface area contributed by atoms with E-state index in [1.807, 2.05) is 12.1 Å². The lowest BCUT2D eigenvalue weighted by Gasteiger charge is -2.21. The van der Waals surface area contributed by atoms with Crippen LogP contribution in [0.1, 0.15) is 13.3 Å². The van der Waals surface area contributed by atoms with Crippen molar-refractivity contribution in [2.75, 3.05) is 13.1 Å².